The Kier molecular flexibility index (Phi) is 5.36. The molecule has 0 atom stereocenters. The first-order valence-electron chi connectivity index (χ1n) is 6.18. The van der Waals surface area contributed by atoms with E-state index >= 15 is 0 Å². The van der Waals surface area contributed by atoms with Crippen molar-refractivity contribution >= 4 is 5.78 Å². The van der Waals surface area contributed by atoms with Gasteiger partial charge in [-0.1, -0.05) is 23.3 Å². The molecule has 0 amide bonds. The Hall–Kier alpha value is -1.15. The first-order chi connectivity index (χ1) is 8.04. The number of hydrogen-bond donors (Lipinski definition) is 1. The molecule has 0 radical (unpaired) electrons. The lowest BCUT2D eigenvalue weighted by Gasteiger charge is -2.11. The van der Waals surface area contributed by atoms with Gasteiger partial charge >= 0.3 is 0 Å². The second-order valence-electron chi connectivity index (χ2n) is 4.86. The third-order valence-electron chi connectivity index (χ3n) is 3.21. The number of allylic oxidation sites excluding steroid dienone is 5. The van der Waals surface area contributed by atoms with E-state index in [9.17, 15) is 9.90 Å². The summed E-state index contributed by atoms with van der Waals surface area (Å²) < 4.78 is 0. The van der Waals surface area contributed by atoms with Gasteiger partial charge in [0.05, 0.1) is 6.61 Å². The molecule has 0 unspecified atom stereocenters. The molecule has 0 aromatic heterocycles. The molecule has 0 fully saturated rings. The van der Waals surface area contributed by atoms with Crippen molar-refractivity contribution in [3.8, 4) is 0 Å². The van der Waals surface area contributed by atoms with Crippen LogP contribution in [-0.2, 0) is 4.79 Å². The summed E-state index contributed by atoms with van der Waals surface area (Å²) in [5.74, 6) is 0.149. The highest BCUT2D eigenvalue weighted by molar-refractivity contribution is 5.97. The molecule has 1 aliphatic carbocycles. The third-order valence-corrected chi connectivity index (χ3v) is 3.21. The van der Waals surface area contributed by atoms with Gasteiger partial charge in [0.25, 0.3) is 0 Å². The molecule has 0 aliphatic heterocycles. The van der Waals surface area contributed by atoms with Crippen molar-refractivity contribution in [2.45, 2.75) is 46.5 Å². The first kappa shape index (κ1) is 13.9. The van der Waals surface area contributed by atoms with Crippen molar-refractivity contribution < 1.29 is 9.90 Å². The van der Waals surface area contributed by atoms with Crippen LogP contribution in [0.1, 0.15) is 46.5 Å². The van der Waals surface area contributed by atoms with Crippen LogP contribution in [0.2, 0.25) is 0 Å². The van der Waals surface area contributed by atoms with Crippen LogP contribution in [0.5, 0.6) is 0 Å². The largest absolute Gasteiger partial charge is 0.392 e. The third kappa shape index (κ3) is 4.31. The van der Waals surface area contributed by atoms with Gasteiger partial charge in [0, 0.05) is 12.0 Å². The molecule has 1 aliphatic rings. The van der Waals surface area contributed by atoms with Crippen molar-refractivity contribution in [1.29, 1.82) is 0 Å². The summed E-state index contributed by atoms with van der Waals surface area (Å²) in [5.41, 5.74) is 4.02. The highest BCUT2D eigenvalue weighted by Gasteiger charge is 2.13. The minimum Gasteiger partial charge on any atom is -0.392 e. The van der Waals surface area contributed by atoms with Crippen LogP contribution in [-0.4, -0.2) is 17.5 Å². The van der Waals surface area contributed by atoms with Gasteiger partial charge in [-0.15, -0.1) is 0 Å². The fraction of sp³-hybridized carbons (Fsp3) is 0.533. The van der Waals surface area contributed by atoms with Gasteiger partial charge in [-0.2, -0.15) is 0 Å². The van der Waals surface area contributed by atoms with E-state index in [-0.39, 0.29) is 12.4 Å². The molecule has 2 nitrogen and oxygen atoms in total. The summed E-state index contributed by atoms with van der Waals surface area (Å²) in [6.45, 7) is 5.91. The molecule has 17 heavy (non-hydrogen) atoms. The highest BCUT2D eigenvalue weighted by Crippen LogP contribution is 2.20. The van der Waals surface area contributed by atoms with Gasteiger partial charge in [-0.3, -0.25) is 4.79 Å². The standard InChI is InChI=1S/C15H22O2/c1-11-5-4-6-12(2)9-15(17)14(8-7-11)13(3)10-16/h6-7,16H,4-5,8-10H2,1-3H3/b11-7+,12-6-,14-13-. The van der Waals surface area contributed by atoms with Crippen LogP contribution in [0, 0.1) is 0 Å². The number of Topliss-reactive ketones (excluding diaryl/α,β-unsaturated/α-hetero) is 1. The molecule has 94 valence electrons. The normalized spacial score (nSPS) is 27.9. The summed E-state index contributed by atoms with van der Waals surface area (Å²) >= 11 is 0. The molecular formula is C15H22O2. The predicted octanol–water partition coefficient (Wildman–Crippen LogP) is 3.33. The molecule has 0 spiro atoms. The van der Waals surface area contributed by atoms with Crippen molar-refractivity contribution in [3.63, 3.8) is 0 Å². The number of aliphatic hydroxyl groups excluding tert-OH is 1. The van der Waals surface area contributed by atoms with E-state index in [1.165, 1.54) is 5.57 Å². The Labute approximate surface area is 104 Å². The van der Waals surface area contributed by atoms with Gasteiger partial charge in [-0.05, 0) is 45.6 Å². The van der Waals surface area contributed by atoms with E-state index in [4.69, 9.17) is 0 Å². The quantitative estimate of drug-likeness (QED) is 0.558. The molecule has 2 heteroatoms. The molecular weight excluding hydrogens is 212 g/mol. The Morgan fingerprint density at radius 2 is 2.00 bits per heavy atom. The Morgan fingerprint density at radius 1 is 1.29 bits per heavy atom. The fourth-order valence-electron chi connectivity index (χ4n) is 1.98. The zero-order valence-corrected chi connectivity index (χ0v) is 11.0. The summed E-state index contributed by atoms with van der Waals surface area (Å²) in [6.07, 6.45) is 7.47. The molecule has 0 bridgehead atoms. The van der Waals surface area contributed by atoms with Crippen molar-refractivity contribution in [3.05, 3.63) is 34.4 Å². The number of rotatable bonds is 1. The zero-order valence-electron chi connectivity index (χ0n) is 11.0. The van der Waals surface area contributed by atoms with E-state index in [1.54, 1.807) is 0 Å². The Balaban J connectivity index is 3.03. The maximum atomic E-state index is 12.1. The number of aliphatic hydroxyl groups is 1. The summed E-state index contributed by atoms with van der Waals surface area (Å²) in [5, 5.41) is 9.18. The smallest absolute Gasteiger partial charge is 0.163 e. The van der Waals surface area contributed by atoms with Crippen LogP contribution in [0.25, 0.3) is 0 Å². The van der Waals surface area contributed by atoms with E-state index in [2.05, 4.69) is 19.1 Å². The van der Waals surface area contributed by atoms with Crippen molar-refractivity contribution in [2.75, 3.05) is 6.61 Å². The summed E-state index contributed by atoms with van der Waals surface area (Å²) in [7, 11) is 0. The van der Waals surface area contributed by atoms with E-state index in [0.717, 1.165) is 29.6 Å². The van der Waals surface area contributed by atoms with E-state index < -0.39 is 0 Å². The van der Waals surface area contributed by atoms with Crippen LogP contribution >= 0.6 is 0 Å². The lowest BCUT2D eigenvalue weighted by Crippen LogP contribution is -2.08. The molecule has 1 rings (SSSR count). The van der Waals surface area contributed by atoms with Gasteiger partial charge in [0.1, 0.15) is 0 Å². The lowest BCUT2D eigenvalue weighted by molar-refractivity contribution is -0.115. The maximum absolute atomic E-state index is 12.1. The molecule has 0 saturated heterocycles. The fourth-order valence-corrected chi connectivity index (χ4v) is 1.98. The zero-order chi connectivity index (χ0) is 12.8. The van der Waals surface area contributed by atoms with Gasteiger partial charge < -0.3 is 5.11 Å². The maximum Gasteiger partial charge on any atom is 0.163 e. The molecule has 0 aromatic carbocycles. The minimum atomic E-state index is -0.0310. The van der Waals surface area contributed by atoms with Crippen LogP contribution in [0.4, 0.5) is 0 Å². The lowest BCUT2D eigenvalue weighted by atomic mass is 9.94. The average Bonchev–Trinajstić information content (AvgIpc) is 2.28. The number of ketones is 1. The van der Waals surface area contributed by atoms with Crippen LogP contribution in [0.15, 0.2) is 34.4 Å². The second-order valence-corrected chi connectivity index (χ2v) is 4.86. The predicted molar refractivity (Wildman–Crippen MR) is 70.8 cm³/mol. The highest BCUT2D eigenvalue weighted by atomic mass is 16.3. The number of carbonyl (C=O) groups excluding carboxylic acids is 1. The molecule has 0 saturated carbocycles. The number of carbonyl (C=O) groups is 1. The summed E-state index contributed by atoms with van der Waals surface area (Å²) in [4.78, 5) is 12.1. The number of hydrogen-bond acceptors (Lipinski definition) is 2. The van der Waals surface area contributed by atoms with Crippen molar-refractivity contribution in [1.82, 2.24) is 0 Å². The molecule has 0 aromatic rings. The topological polar surface area (TPSA) is 37.3 Å². The Bertz CT molecular complexity index is 384. The second kappa shape index (κ2) is 6.55. The van der Waals surface area contributed by atoms with Crippen LogP contribution < -0.4 is 0 Å². The van der Waals surface area contributed by atoms with E-state index in [1.807, 2.05) is 13.8 Å². The SMILES string of the molecule is C/C1=C/CC/C(C)=C/C/C(=C(\C)CO)C(=O)C1. The van der Waals surface area contributed by atoms with Crippen molar-refractivity contribution in [2.24, 2.45) is 0 Å². The minimum absolute atomic E-state index is 0.0310. The van der Waals surface area contributed by atoms with Crippen LogP contribution in [0.3, 0.4) is 0 Å². The monoisotopic (exact) mass is 234 g/mol. The first-order valence-corrected chi connectivity index (χ1v) is 6.18. The molecule has 0 heterocycles. The average molecular weight is 234 g/mol. The van der Waals surface area contributed by atoms with E-state index in [0.29, 0.717) is 12.8 Å². The van der Waals surface area contributed by atoms with Gasteiger partial charge in [0.2, 0.25) is 0 Å². The molecule has 1 N–H and O–H groups in total. The van der Waals surface area contributed by atoms with Gasteiger partial charge in [0.15, 0.2) is 5.78 Å². The van der Waals surface area contributed by atoms with Gasteiger partial charge in [-0.25, -0.2) is 0 Å². The Morgan fingerprint density at radius 3 is 2.65 bits per heavy atom. The summed E-state index contributed by atoms with van der Waals surface area (Å²) in [6, 6.07) is 0.